The van der Waals surface area contributed by atoms with Crippen molar-refractivity contribution in [3.63, 3.8) is 0 Å². The van der Waals surface area contributed by atoms with Crippen molar-refractivity contribution in [3.05, 3.63) is 29.6 Å². The number of carbonyl (C=O) groups is 1. The van der Waals surface area contributed by atoms with E-state index in [9.17, 15) is 4.79 Å². The zero-order chi connectivity index (χ0) is 17.6. The van der Waals surface area contributed by atoms with E-state index in [2.05, 4.69) is 35.1 Å². The molecule has 4 heteroatoms. The van der Waals surface area contributed by atoms with E-state index < -0.39 is 0 Å². The zero-order valence-corrected chi connectivity index (χ0v) is 15.9. The highest BCUT2D eigenvalue weighted by atomic mass is 16.2. The molecule has 1 fully saturated rings. The molecule has 1 aromatic rings. The van der Waals surface area contributed by atoms with Crippen LogP contribution in [0.2, 0.25) is 0 Å². The van der Waals surface area contributed by atoms with Gasteiger partial charge in [-0.2, -0.15) is 5.10 Å². The van der Waals surface area contributed by atoms with Gasteiger partial charge in [-0.25, -0.2) is 0 Å². The molecule has 3 rings (SSSR count). The number of amides is 1. The second-order valence-corrected chi connectivity index (χ2v) is 7.96. The Kier molecular flexibility index (Phi) is 6.33. The molecule has 1 amide bonds. The first kappa shape index (κ1) is 18.2. The summed E-state index contributed by atoms with van der Waals surface area (Å²) in [6, 6.07) is 2.12. The zero-order valence-electron chi connectivity index (χ0n) is 15.9. The molecular formula is C21H33N3O. The van der Waals surface area contributed by atoms with Crippen molar-refractivity contribution in [2.75, 3.05) is 6.54 Å². The SMILES string of the molecule is Cc1cc(CN(C[C@@H]2CC=CCC2)C(=O)C2CCCCCC2)nn1C. The Bertz CT molecular complexity index is 577. The molecule has 0 aliphatic heterocycles. The topological polar surface area (TPSA) is 38.1 Å². The Morgan fingerprint density at radius 1 is 1.20 bits per heavy atom. The van der Waals surface area contributed by atoms with Crippen LogP contribution in [0.3, 0.4) is 0 Å². The summed E-state index contributed by atoms with van der Waals surface area (Å²) >= 11 is 0. The minimum absolute atomic E-state index is 0.228. The molecule has 0 bridgehead atoms. The van der Waals surface area contributed by atoms with Crippen molar-refractivity contribution in [3.8, 4) is 0 Å². The van der Waals surface area contributed by atoms with E-state index in [-0.39, 0.29) is 5.92 Å². The number of hydrogen-bond donors (Lipinski definition) is 0. The van der Waals surface area contributed by atoms with Crippen molar-refractivity contribution in [1.82, 2.24) is 14.7 Å². The monoisotopic (exact) mass is 343 g/mol. The van der Waals surface area contributed by atoms with Crippen LogP contribution in [0.1, 0.15) is 69.2 Å². The van der Waals surface area contributed by atoms with Crippen LogP contribution in [-0.4, -0.2) is 27.1 Å². The lowest BCUT2D eigenvalue weighted by Gasteiger charge is -2.30. The van der Waals surface area contributed by atoms with Crippen LogP contribution >= 0.6 is 0 Å². The van der Waals surface area contributed by atoms with Crippen molar-refractivity contribution in [2.24, 2.45) is 18.9 Å². The Morgan fingerprint density at radius 2 is 1.96 bits per heavy atom. The maximum absolute atomic E-state index is 13.3. The first-order chi connectivity index (χ1) is 12.1. The van der Waals surface area contributed by atoms with Gasteiger partial charge in [-0.3, -0.25) is 9.48 Å². The van der Waals surface area contributed by atoms with Crippen LogP contribution in [0, 0.1) is 18.8 Å². The van der Waals surface area contributed by atoms with Gasteiger partial charge in [-0.1, -0.05) is 37.8 Å². The maximum atomic E-state index is 13.3. The third kappa shape index (κ3) is 4.96. The first-order valence-electron chi connectivity index (χ1n) is 10.1. The van der Waals surface area contributed by atoms with Crippen molar-refractivity contribution in [2.45, 2.75) is 71.3 Å². The molecule has 0 aromatic carbocycles. The molecular weight excluding hydrogens is 310 g/mol. The van der Waals surface area contributed by atoms with E-state index in [1.54, 1.807) is 0 Å². The van der Waals surface area contributed by atoms with Crippen LogP contribution in [0.4, 0.5) is 0 Å². The van der Waals surface area contributed by atoms with Crippen LogP contribution in [-0.2, 0) is 18.4 Å². The average Bonchev–Trinajstić information content (AvgIpc) is 2.82. The van der Waals surface area contributed by atoms with Gasteiger partial charge in [-0.15, -0.1) is 0 Å². The number of allylic oxidation sites excluding steroid dienone is 2. The van der Waals surface area contributed by atoms with Gasteiger partial charge in [0.1, 0.15) is 0 Å². The number of nitrogens with zero attached hydrogens (tertiary/aromatic N) is 3. The van der Waals surface area contributed by atoms with E-state index in [0.29, 0.717) is 18.4 Å². The quantitative estimate of drug-likeness (QED) is 0.587. The highest BCUT2D eigenvalue weighted by Gasteiger charge is 2.27. The van der Waals surface area contributed by atoms with E-state index >= 15 is 0 Å². The minimum Gasteiger partial charge on any atom is -0.336 e. The minimum atomic E-state index is 0.228. The molecule has 0 spiro atoms. The average molecular weight is 344 g/mol. The second kappa shape index (κ2) is 8.68. The molecule has 1 saturated carbocycles. The predicted molar refractivity (Wildman–Crippen MR) is 101 cm³/mol. The predicted octanol–water partition coefficient (Wildman–Crippen LogP) is 4.38. The van der Waals surface area contributed by atoms with Gasteiger partial charge in [0.15, 0.2) is 0 Å². The number of aromatic nitrogens is 2. The molecule has 4 nitrogen and oxygen atoms in total. The van der Waals surface area contributed by atoms with E-state index in [1.807, 2.05) is 11.7 Å². The summed E-state index contributed by atoms with van der Waals surface area (Å²) in [5, 5.41) is 4.60. The normalized spacial score (nSPS) is 21.9. The second-order valence-electron chi connectivity index (χ2n) is 7.96. The third-order valence-electron chi connectivity index (χ3n) is 5.89. The van der Waals surface area contributed by atoms with Crippen molar-refractivity contribution < 1.29 is 4.79 Å². The molecule has 1 heterocycles. The van der Waals surface area contributed by atoms with E-state index in [1.165, 1.54) is 32.1 Å². The van der Waals surface area contributed by atoms with Gasteiger partial charge in [-0.05, 0) is 51.0 Å². The molecule has 0 unspecified atom stereocenters. The van der Waals surface area contributed by atoms with Gasteiger partial charge in [0.05, 0.1) is 12.2 Å². The van der Waals surface area contributed by atoms with Crippen LogP contribution in [0.5, 0.6) is 0 Å². The fraction of sp³-hybridized carbons (Fsp3) is 0.714. The number of rotatable bonds is 5. The Labute approximate surface area is 152 Å². The Balaban J connectivity index is 1.72. The lowest BCUT2D eigenvalue weighted by Crippen LogP contribution is -2.39. The molecule has 1 aromatic heterocycles. The van der Waals surface area contributed by atoms with Crippen LogP contribution < -0.4 is 0 Å². The largest absolute Gasteiger partial charge is 0.336 e. The van der Waals surface area contributed by atoms with Gasteiger partial charge in [0, 0.05) is 25.2 Å². The van der Waals surface area contributed by atoms with Crippen molar-refractivity contribution >= 4 is 5.91 Å². The third-order valence-corrected chi connectivity index (χ3v) is 5.89. The smallest absolute Gasteiger partial charge is 0.226 e. The summed E-state index contributed by atoms with van der Waals surface area (Å²) in [6.07, 6.45) is 15.2. The molecule has 0 radical (unpaired) electrons. The van der Waals surface area contributed by atoms with Crippen LogP contribution in [0.15, 0.2) is 18.2 Å². The highest BCUT2D eigenvalue weighted by Crippen LogP contribution is 2.27. The lowest BCUT2D eigenvalue weighted by atomic mass is 9.92. The highest BCUT2D eigenvalue weighted by molar-refractivity contribution is 5.78. The van der Waals surface area contributed by atoms with Crippen LogP contribution in [0.25, 0.3) is 0 Å². The molecule has 138 valence electrons. The molecule has 1 atom stereocenters. The summed E-state index contributed by atoms with van der Waals surface area (Å²) in [6.45, 7) is 3.62. The van der Waals surface area contributed by atoms with E-state index in [4.69, 9.17) is 0 Å². The molecule has 0 N–H and O–H groups in total. The number of aryl methyl sites for hydroxylation is 2. The maximum Gasteiger partial charge on any atom is 0.226 e. The van der Waals surface area contributed by atoms with Gasteiger partial charge in [0.25, 0.3) is 0 Å². The van der Waals surface area contributed by atoms with Gasteiger partial charge >= 0.3 is 0 Å². The Hall–Kier alpha value is -1.58. The molecule has 0 saturated heterocycles. The van der Waals surface area contributed by atoms with Crippen molar-refractivity contribution in [1.29, 1.82) is 0 Å². The summed E-state index contributed by atoms with van der Waals surface area (Å²) in [7, 11) is 1.97. The Morgan fingerprint density at radius 3 is 2.56 bits per heavy atom. The number of hydrogen-bond acceptors (Lipinski definition) is 2. The first-order valence-corrected chi connectivity index (χ1v) is 10.1. The van der Waals surface area contributed by atoms with Gasteiger partial charge in [0.2, 0.25) is 5.91 Å². The number of carbonyl (C=O) groups excluding carboxylic acids is 1. The lowest BCUT2D eigenvalue weighted by molar-refractivity contribution is -0.137. The molecule has 2 aliphatic carbocycles. The van der Waals surface area contributed by atoms with Gasteiger partial charge < -0.3 is 4.90 Å². The summed E-state index contributed by atoms with van der Waals surface area (Å²) < 4.78 is 1.91. The molecule has 2 aliphatic rings. The summed E-state index contributed by atoms with van der Waals surface area (Å²) in [4.78, 5) is 15.4. The standard InChI is InChI=1S/C21H33N3O/c1-17-14-20(22-23(17)2)16-24(15-18-10-6-5-7-11-18)21(25)19-12-8-3-4-9-13-19/h5-6,14,18-19H,3-4,7-13,15-16H2,1-2H3/t18-/m1/s1. The summed E-state index contributed by atoms with van der Waals surface area (Å²) in [5.74, 6) is 1.20. The fourth-order valence-corrected chi connectivity index (χ4v) is 4.26. The summed E-state index contributed by atoms with van der Waals surface area (Å²) in [5.41, 5.74) is 2.17. The fourth-order valence-electron chi connectivity index (χ4n) is 4.26. The van der Waals surface area contributed by atoms with E-state index in [0.717, 1.165) is 43.6 Å². The molecule has 25 heavy (non-hydrogen) atoms.